The van der Waals surface area contributed by atoms with E-state index in [-0.39, 0.29) is 0 Å². The molecule has 2 atom stereocenters. The first-order chi connectivity index (χ1) is 10.2. The zero-order valence-corrected chi connectivity index (χ0v) is 13.8. The van der Waals surface area contributed by atoms with Gasteiger partial charge in [-0.15, -0.1) is 0 Å². The average Bonchev–Trinajstić information content (AvgIpc) is 2.50. The maximum atomic E-state index is 6.01. The normalized spacial score (nSPS) is 21.4. The van der Waals surface area contributed by atoms with Crippen molar-refractivity contribution in [3.63, 3.8) is 0 Å². The number of hydrogen-bond donors (Lipinski definition) is 1. The monoisotopic (exact) mass is 291 g/mol. The number of nitrogens with zero attached hydrogens (tertiary/aromatic N) is 2. The molecule has 0 bridgehead atoms. The second-order valence-corrected chi connectivity index (χ2v) is 6.02. The molecule has 21 heavy (non-hydrogen) atoms. The molecule has 0 aromatic heterocycles. The molecule has 1 N–H and O–H groups in total. The minimum Gasteiger partial charge on any atom is -0.492 e. The van der Waals surface area contributed by atoms with Crippen molar-refractivity contribution in [2.24, 2.45) is 0 Å². The Morgan fingerprint density at radius 3 is 2.62 bits per heavy atom. The molecule has 0 saturated heterocycles. The molecule has 1 aromatic rings. The van der Waals surface area contributed by atoms with Gasteiger partial charge in [0, 0.05) is 18.7 Å². The van der Waals surface area contributed by atoms with E-state index < -0.39 is 0 Å². The molecule has 0 aliphatic carbocycles. The molecular formula is C17H29N3O. The molecule has 118 valence electrons. The summed E-state index contributed by atoms with van der Waals surface area (Å²) in [5, 5.41) is 3.50. The fraction of sp³-hybridized carbons (Fsp3) is 0.647. The predicted molar refractivity (Wildman–Crippen MR) is 87.9 cm³/mol. The van der Waals surface area contributed by atoms with Crippen LogP contribution in [0.5, 0.6) is 5.75 Å². The van der Waals surface area contributed by atoms with Crippen LogP contribution in [-0.2, 0) is 0 Å². The number of rotatable bonds is 7. The van der Waals surface area contributed by atoms with Crippen molar-refractivity contribution < 1.29 is 4.74 Å². The Balaban J connectivity index is 2.16. The van der Waals surface area contributed by atoms with Gasteiger partial charge in [0.05, 0.1) is 12.1 Å². The minimum absolute atomic E-state index is 0.337. The van der Waals surface area contributed by atoms with E-state index in [0.29, 0.717) is 12.1 Å². The summed E-state index contributed by atoms with van der Waals surface area (Å²) in [6.45, 7) is 6.27. The van der Waals surface area contributed by atoms with Crippen molar-refractivity contribution in [2.45, 2.75) is 25.4 Å². The SMILES string of the molecule is CCCN(CCN(C)C)C1COc2ccccc2C1NC. The lowest BCUT2D eigenvalue weighted by Crippen LogP contribution is -2.51. The van der Waals surface area contributed by atoms with Crippen LogP contribution < -0.4 is 10.1 Å². The average molecular weight is 291 g/mol. The molecule has 4 nitrogen and oxygen atoms in total. The fourth-order valence-electron chi connectivity index (χ4n) is 3.07. The van der Waals surface area contributed by atoms with E-state index in [1.165, 1.54) is 12.0 Å². The van der Waals surface area contributed by atoms with Crippen molar-refractivity contribution in [3.8, 4) is 5.75 Å². The summed E-state index contributed by atoms with van der Waals surface area (Å²) >= 11 is 0. The van der Waals surface area contributed by atoms with Crippen LogP contribution in [0.1, 0.15) is 24.9 Å². The maximum Gasteiger partial charge on any atom is 0.124 e. The Bertz CT molecular complexity index is 436. The van der Waals surface area contributed by atoms with E-state index in [4.69, 9.17) is 4.74 Å². The third-order valence-electron chi connectivity index (χ3n) is 4.17. The van der Waals surface area contributed by atoms with Crippen LogP contribution in [0.15, 0.2) is 24.3 Å². The van der Waals surface area contributed by atoms with Crippen LogP contribution in [0.3, 0.4) is 0 Å². The van der Waals surface area contributed by atoms with Crippen LogP contribution in [0.25, 0.3) is 0 Å². The lowest BCUT2D eigenvalue weighted by atomic mass is 9.95. The molecule has 1 aliphatic rings. The molecule has 1 heterocycles. The molecule has 0 saturated carbocycles. The van der Waals surface area contributed by atoms with E-state index in [1.807, 2.05) is 6.07 Å². The van der Waals surface area contributed by atoms with Gasteiger partial charge in [-0.2, -0.15) is 0 Å². The zero-order chi connectivity index (χ0) is 15.2. The van der Waals surface area contributed by atoms with Crippen LogP contribution in [-0.4, -0.2) is 63.2 Å². The molecule has 0 spiro atoms. The van der Waals surface area contributed by atoms with Crippen molar-refractivity contribution in [3.05, 3.63) is 29.8 Å². The molecule has 0 radical (unpaired) electrons. The summed E-state index contributed by atoms with van der Waals surface area (Å²) in [5.41, 5.74) is 1.28. The van der Waals surface area contributed by atoms with E-state index in [2.05, 4.69) is 61.4 Å². The summed E-state index contributed by atoms with van der Waals surface area (Å²) in [7, 11) is 6.31. The van der Waals surface area contributed by atoms with Crippen molar-refractivity contribution >= 4 is 0 Å². The highest BCUT2D eigenvalue weighted by atomic mass is 16.5. The summed E-state index contributed by atoms with van der Waals surface area (Å²) in [4.78, 5) is 4.81. The van der Waals surface area contributed by atoms with Crippen LogP contribution in [0.2, 0.25) is 0 Å². The van der Waals surface area contributed by atoms with E-state index in [9.17, 15) is 0 Å². The first-order valence-corrected chi connectivity index (χ1v) is 7.95. The Morgan fingerprint density at radius 1 is 1.19 bits per heavy atom. The summed E-state index contributed by atoms with van der Waals surface area (Å²) in [6, 6.07) is 9.12. The Morgan fingerprint density at radius 2 is 1.95 bits per heavy atom. The third-order valence-corrected chi connectivity index (χ3v) is 4.17. The quantitative estimate of drug-likeness (QED) is 0.831. The van der Waals surface area contributed by atoms with E-state index in [1.54, 1.807) is 0 Å². The van der Waals surface area contributed by atoms with Crippen molar-refractivity contribution in [1.82, 2.24) is 15.1 Å². The number of nitrogens with one attached hydrogen (secondary N) is 1. The van der Waals surface area contributed by atoms with Gasteiger partial charge in [0.1, 0.15) is 12.4 Å². The fourth-order valence-corrected chi connectivity index (χ4v) is 3.07. The highest BCUT2D eigenvalue weighted by Gasteiger charge is 2.33. The number of fused-ring (bicyclic) bond motifs is 1. The highest BCUT2D eigenvalue weighted by molar-refractivity contribution is 5.38. The standard InChI is InChI=1S/C17H29N3O/c1-5-10-20(12-11-19(3)4)15-13-21-16-9-7-6-8-14(16)17(15)18-2/h6-9,15,17-18H,5,10-13H2,1-4H3. The summed E-state index contributed by atoms with van der Waals surface area (Å²) < 4.78 is 6.01. The van der Waals surface area contributed by atoms with Crippen LogP contribution in [0.4, 0.5) is 0 Å². The molecule has 1 aromatic carbocycles. The van der Waals surface area contributed by atoms with Gasteiger partial charge in [-0.25, -0.2) is 0 Å². The molecule has 4 heteroatoms. The van der Waals surface area contributed by atoms with Crippen LogP contribution in [0, 0.1) is 0 Å². The van der Waals surface area contributed by atoms with Crippen molar-refractivity contribution in [1.29, 1.82) is 0 Å². The Kier molecular flexibility index (Phi) is 6.03. The summed E-state index contributed by atoms with van der Waals surface area (Å²) in [6.07, 6.45) is 1.17. The molecule has 0 fully saturated rings. The van der Waals surface area contributed by atoms with Gasteiger partial charge in [-0.05, 0) is 40.2 Å². The van der Waals surface area contributed by atoms with E-state index in [0.717, 1.165) is 32.0 Å². The number of hydrogen-bond acceptors (Lipinski definition) is 4. The highest BCUT2D eigenvalue weighted by Crippen LogP contribution is 2.33. The predicted octanol–water partition coefficient (Wildman–Crippen LogP) is 1.98. The first kappa shape index (κ1) is 16.3. The number of likely N-dealkylation sites (N-methyl/N-ethyl adjacent to an activating group) is 2. The maximum absolute atomic E-state index is 6.01. The topological polar surface area (TPSA) is 27.7 Å². The van der Waals surface area contributed by atoms with Crippen LogP contribution >= 0.6 is 0 Å². The van der Waals surface area contributed by atoms with Crippen molar-refractivity contribution in [2.75, 3.05) is 47.4 Å². The van der Waals surface area contributed by atoms with Gasteiger partial charge in [0.15, 0.2) is 0 Å². The van der Waals surface area contributed by atoms with Gasteiger partial charge >= 0.3 is 0 Å². The number of benzene rings is 1. The molecule has 0 amide bonds. The molecule has 2 rings (SSSR count). The number of para-hydroxylation sites is 1. The first-order valence-electron chi connectivity index (χ1n) is 7.95. The number of ether oxygens (including phenoxy) is 1. The molecule has 2 unspecified atom stereocenters. The van der Waals surface area contributed by atoms with Gasteiger partial charge in [0.25, 0.3) is 0 Å². The Labute approximate surface area is 129 Å². The Hall–Kier alpha value is -1.10. The zero-order valence-electron chi connectivity index (χ0n) is 13.8. The van der Waals surface area contributed by atoms with E-state index >= 15 is 0 Å². The second kappa shape index (κ2) is 7.78. The van der Waals surface area contributed by atoms with Gasteiger partial charge in [0.2, 0.25) is 0 Å². The minimum atomic E-state index is 0.337. The largest absolute Gasteiger partial charge is 0.492 e. The molecular weight excluding hydrogens is 262 g/mol. The van der Waals surface area contributed by atoms with Gasteiger partial charge in [-0.3, -0.25) is 4.90 Å². The van der Waals surface area contributed by atoms with Gasteiger partial charge in [-0.1, -0.05) is 25.1 Å². The van der Waals surface area contributed by atoms with Gasteiger partial charge < -0.3 is 15.0 Å². The second-order valence-electron chi connectivity index (χ2n) is 6.02. The smallest absolute Gasteiger partial charge is 0.124 e. The lowest BCUT2D eigenvalue weighted by molar-refractivity contribution is 0.0823. The summed E-state index contributed by atoms with van der Waals surface area (Å²) in [5.74, 6) is 1.03. The molecule has 1 aliphatic heterocycles. The lowest BCUT2D eigenvalue weighted by Gasteiger charge is -2.41. The third kappa shape index (κ3) is 3.96.